The van der Waals surface area contributed by atoms with Gasteiger partial charge in [-0.1, -0.05) is 51.1 Å². The van der Waals surface area contributed by atoms with Gasteiger partial charge < -0.3 is 4.42 Å². The third-order valence-electron chi connectivity index (χ3n) is 3.61. The average molecular weight is 294 g/mol. The topological polar surface area (TPSA) is 26.0 Å². The highest BCUT2D eigenvalue weighted by atomic mass is 16.3. The summed E-state index contributed by atoms with van der Waals surface area (Å²) in [6, 6.07) is 15.4. The van der Waals surface area contributed by atoms with Crippen molar-refractivity contribution in [2.45, 2.75) is 33.0 Å². The molecule has 2 heterocycles. The number of rotatable bonds is 2. The third-order valence-corrected chi connectivity index (χ3v) is 3.61. The van der Waals surface area contributed by atoms with Gasteiger partial charge in [0.15, 0.2) is 0 Å². The molecule has 2 heteroatoms. The van der Waals surface area contributed by atoms with Crippen LogP contribution in [0.25, 0.3) is 22.4 Å². The summed E-state index contributed by atoms with van der Waals surface area (Å²) in [6.45, 7) is 3.69. The van der Waals surface area contributed by atoms with Gasteiger partial charge in [0.25, 0.3) is 0 Å². The van der Waals surface area contributed by atoms with E-state index in [4.69, 9.17) is 8.53 Å². The molecule has 0 aliphatic rings. The molecule has 0 amide bonds. The molecule has 0 unspecified atom stereocenters. The lowest BCUT2D eigenvalue weighted by Crippen LogP contribution is -2.09. The van der Waals surface area contributed by atoms with Crippen molar-refractivity contribution in [1.29, 1.82) is 0 Å². The molecule has 3 aromatic rings. The Balaban J connectivity index is 2.15. The van der Waals surface area contributed by atoms with Gasteiger partial charge in [-0.25, -0.2) is 0 Å². The zero-order chi connectivity index (χ0) is 18.2. The van der Waals surface area contributed by atoms with Crippen molar-refractivity contribution in [3.8, 4) is 22.4 Å². The van der Waals surface area contributed by atoms with Gasteiger partial charge in [-0.05, 0) is 30.6 Å². The molecule has 0 radical (unpaired) electrons. The monoisotopic (exact) mass is 294 g/mol. The molecule has 0 bridgehead atoms. The maximum atomic E-state index is 7.82. The molecule has 0 N–H and O–H groups in total. The van der Waals surface area contributed by atoms with Crippen LogP contribution in [0.2, 0.25) is 0 Å². The highest BCUT2D eigenvalue weighted by Crippen LogP contribution is 2.33. The lowest BCUT2D eigenvalue weighted by Gasteiger charge is -2.13. The van der Waals surface area contributed by atoms with E-state index in [1.807, 2.05) is 69.3 Å². The Bertz CT molecular complexity index is 874. The van der Waals surface area contributed by atoms with Crippen LogP contribution in [0.5, 0.6) is 0 Å². The summed E-state index contributed by atoms with van der Waals surface area (Å²) in [6.07, 6.45) is 1.70. The molecule has 0 spiro atoms. The van der Waals surface area contributed by atoms with Crippen LogP contribution in [-0.2, 0) is 5.41 Å². The van der Waals surface area contributed by atoms with Crippen molar-refractivity contribution in [1.82, 2.24) is 4.98 Å². The highest BCUT2D eigenvalue weighted by molar-refractivity contribution is 5.71. The van der Waals surface area contributed by atoms with E-state index in [2.05, 4.69) is 4.98 Å². The van der Waals surface area contributed by atoms with Gasteiger partial charge in [-0.3, -0.25) is 4.98 Å². The van der Waals surface area contributed by atoms with Crippen LogP contribution in [0, 0.1) is 6.85 Å². The minimum Gasteiger partial charge on any atom is -0.465 e. The van der Waals surface area contributed by atoms with E-state index < -0.39 is 6.85 Å². The van der Waals surface area contributed by atoms with E-state index in [-0.39, 0.29) is 11.2 Å². The molecule has 3 rings (SSSR count). The van der Waals surface area contributed by atoms with Crippen molar-refractivity contribution in [2.75, 3.05) is 0 Å². The van der Waals surface area contributed by atoms with Gasteiger partial charge in [0.1, 0.15) is 11.5 Å². The van der Waals surface area contributed by atoms with Crippen LogP contribution >= 0.6 is 0 Å². The largest absolute Gasteiger partial charge is 0.465 e. The van der Waals surface area contributed by atoms with Crippen molar-refractivity contribution >= 4 is 0 Å². The molecule has 112 valence electrons. The fourth-order valence-electron chi connectivity index (χ4n) is 2.34. The first kappa shape index (κ1) is 11.2. The van der Waals surface area contributed by atoms with Crippen LogP contribution in [0.15, 0.2) is 59.1 Å². The number of pyridine rings is 1. The summed E-state index contributed by atoms with van der Waals surface area (Å²) in [5.41, 5.74) is 2.91. The van der Waals surface area contributed by atoms with Gasteiger partial charge in [-0.15, -0.1) is 0 Å². The van der Waals surface area contributed by atoms with Crippen LogP contribution in [0.4, 0.5) is 0 Å². The zero-order valence-corrected chi connectivity index (χ0v) is 13.1. The Kier molecular flexibility index (Phi) is 2.79. The summed E-state index contributed by atoms with van der Waals surface area (Å²) in [4.78, 5) is 4.41. The first-order valence-electron chi connectivity index (χ1n) is 8.83. The molecule has 0 saturated carbocycles. The molecule has 1 aromatic carbocycles. The first-order valence-corrected chi connectivity index (χ1v) is 7.33. The molecule has 0 aliphatic heterocycles. The van der Waals surface area contributed by atoms with Crippen molar-refractivity contribution < 1.29 is 8.53 Å². The van der Waals surface area contributed by atoms with E-state index in [1.165, 1.54) is 0 Å². The lowest BCUT2D eigenvalue weighted by atomic mass is 9.92. The van der Waals surface area contributed by atoms with Crippen molar-refractivity contribution in [3.05, 3.63) is 66.2 Å². The second-order valence-corrected chi connectivity index (χ2v) is 6.40. The Labute approximate surface area is 136 Å². The van der Waals surface area contributed by atoms with Gasteiger partial charge in [0.05, 0.1) is 5.69 Å². The summed E-state index contributed by atoms with van der Waals surface area (Å²) in [5.74, 6) is 0.689. The van der Waals surface area contributed by atoms with Crippen LogP contribution in [-0.4, -0.2) is 4.98 Å². The van der Waals surface area contributed by atoms with Crippen LogP contribution < -0.4 is 0 Å². The third kappa shape index (κ3) is 2.82. The quantitative estimate of drug-likeness (QED) is 0.613. The second kappa shape index (κ2) is 5.45. The molecular formula is C20H21NO. The molecular weight excluding hydrogens is 270 g/mol. The zero-order valence-electron chi connectivity index (χ0n) is 16.1. The molecule has 2 nitrogen and oxygen atoms in total. The van der Waals surface area contributed by atoms with Crippen molar-refractivity contribution in [2.24, 2.45) is 0 Å². The smallest absolute Gasteiger partial charge is 0.110 e. The Hall–Kier alpha value is -2.35. The predicted octanol–water partition coefficient (Wildman–Crippen LogP) is 5.61. The Morgan fingerprint density at radius 1 is 1.00 bits per heavy atom. The SMILES string of the molecule is [2H]C([2H])([2H])c1oc(C(C)(C)C)cc1-c1ccnc(-c2ccccc2)c1. The maximum Gasteiger partial charge on any atom is 0.110 e. The minimum absolute atomic E-state index is 0.0302. The number of aromatic nitrogens is 1. The fourth-order valence-corrected chi connectivity index (χ4v) is 2.34. The number of hydrogen-bond acceptors (Lipinski definition) is 2. The standard InChI is InChI=1S/C20H21NO/c1-14-17(13-19(22-14)20(2,3)4)16-10-11-21-18(12-16)15-8-6-5-7-9-15/h5-13H,1-4H3/i1D3. The van der Waals surface area contributed by atoms with Gasteiger partial charge in [0, 0.05) is 26.9 Å². The Morgan fingerprint density at radius 3 is 2.45 bits per heavy atom. The molecule has 0 atom stereocenters. The Morgan fingerprint density at radius 2 is 1.77 bits per heavy atom. The average Bonchev–Trinajstić information content (AvgIpc) is 3.02. The van der Waals surface area contributed by atoms with E-state index in [0.29, 0.717) is 11.3 Å². The molecule has 2 aromatic heterocycles. The summed E-state index contributed by atoms with van der Waals surface area (Å²) < 4.78 is 29.2. The molecule has 0 fully saturated rings. The first-order chi connectivity index (χ1) is 11.7. The fraction of sp³-hybridized carbons (Fsp3) is 0.250. The second-order valence-electron chi connectivity index (χ2n) is 6.40. The van der Waals surface area contributed by atoms with Crippen molar-refractivity contribution in [3.63, 3.8) is 0 Å². The summed E-state index contributed by atoms with van der Waals surface area (Å²) in [5, 5.41) is 0. The lowest BCUT2D eigenvalue weighted by molar-refractivity contribution is 0.396. The molecule has 0 aliphatic carbocycles. The van der Waals surface area contributed by atoms with Gasteiger partial charge in [-0.2, -0.15) is 0 Å². The van der Waals surface area contributed by atoms with Gasteiger partial charge in [0.2, 0.25) is 0 Å². The van der Waals surface area contributed by atoms with E-state index in [1.54, 1.807) is 6.20 Å². The number of hydrogen-bond donors (Lipinski definition) is 0. The van der Waals surface area contributed by atoms with Gasteiger partial charge >= 0.3 is 0 Å². The number of nitrogens with zero attached hydrogens (tertiary/aromatic N) is 1. The number of aryl methyl sites for hydroxylation is 1. The summed E-state index contributed by atoms with van der Waals surface area (Å²) in [7, 11) is 0. The summed E-state index contributed by atoms with van der Waals surface area (Å²) >= 11 is 0. The number of furan rings is 1. The van der Waals surface area contributed by atoms with E-state index >= 15 is 0 Å². The van der Waals surface area contributed by atoms with E-state index in [0.717, 1.165) is 16.8 Å². The van der Waals surface area contributed by atoms with Crippen LogP contribution in [0.1, 0.15) is 36.4 Å². The highest BCUT2D eigenvalue weighted by Gasteiger charge is 2.21. The number of benzene rings is 1. The molecule has 22 heavy (non-hydrogen) atoms. The van der Waals surface area contributed by atoms with Crippen LogP contribution in [0.3, 0.4) is 0 Å². The maximum absolute atomic E-state index is 7.82. The normalized spacial score (nSPS) is 14.2. The predicted molar refractivity (Wildman–Crippen MR) is 90.8 cm³/mol. The van der Waals surface area contributed by atoms with E-state index in [9.17, 15) is 0 Å². The minimum atomic E-state index is -2.31. The molecule has 0 saturated heterocycles.